The van der Waals surface area contributed by atoms with Gasteiger partial charge in [0.15, 0.2) is 5.96 Å². The zero-order valence-corrected chi connectivity index (χ0v) is 13.7. The number of benzene rings is 1. The molecule has 0 radical (unpaired) electrons. The minimum Gasteiger partial charge on any atom is -0.356 e. The van der Waals surface area contributed by atoms with E-state index in [0.29, 0.717) is 18.7 Å². The summed E-state index contributed by atoms with van der Waals surface area (Å²) in [4.78, 5) is 16.1. The van der Waals surface area contributed by atoms with Crippen molar-refractivity contribution in [1.82, 2.24) is 16.0 Å². The van der Waals surface area contributed by atoms with Gasteiger partial charge in [0.05, 0.1) is 0 Å². The Morgan fingerprint density at radius 1 is 1.29 bits per heavy atom. The number of carbonyl (C=O) groups is 1. The lowest BCUT2D eigenvalue weighted by Gasteiger charge is -2.12. The van der Waals surface area contributed by atoms with Gasteiger partial charge in [0.1, 0.15) is 0 Å². The molecule has 0 bridgehead atoms. The summed E-state index contributed by atoms with van der Waals surface area (Å²) in [7, 11) is 1.75. The molecule has 3 N–H and O–H groups in total. The molecule has 21 heavy (non-hydrogen) atoms. The first-order valence-electron chi connectivity index (χ1n) is 7.17. The zero-order valence-electron chi connectivity index (χ0n) is 12.2. The highest BCUT2D eigenvalue weighted by Gasteiger charge is 2.20. The molecule has 0 unspecified atom stereocenters. The molecule has 1 amide bonds. The molecule has 0 saturated heterocycles. The molecule has 1 aliphatic rings. The highest BCUT2D eigenvalue weighted by atomic mass is 79.9. The van der Waals surface area contributed by atoms with E-state index in [0.717, 1.165) is 22.9 Å². The van der Waals surface area contributed by atoms with E-state index in [1.165, 1.54) is 12.8 Å². The van der Waals surface area contributed by atoms with Crippen molar-refractivity contribution >= 4 is 27.8 Å². The summed E-state index contributed by atoms with van der Waals surface area (Å²) in [6.07, 6.45) is 2.62. The lowest BCUT2D eigenvalue weighted by Crippen LogP contribution is -2.42. The van der Waals surface area contributed by atoms with Crippen LogP contribution in [-0.2, 0) is 0 Å². The highest BCUT2D eigenvalue weighted by molar-refractivity contribution is 9.10. The maximum atomic E-state index is 11.9. The van der Waals surface area contributed by atoms with E-state index in [2.05, 4.69) is 36.9 Å². The number of hydrogen-bond acceptors (Lipinski definition) is 2. The van der Waals surface area contributed by atoms with Gasteiger partial charge in [0.2, 0.25) is 0 Å². The second kappa shape index (κ2) is 8.02. The number of hydrogen-bond donors (Lipinski definition) is 3. The van der Waals surface area contributed by atoms with Gasteiger partial charge in [0, 0.05) is 36.7 Å². The molecule has 1 aromatic carbocycles. The largest absolute Gasteiger partial charge is 0.356 e. The maximum Gasteiger partial charge on any atom is 0.251 e. The first-order valence-corrected chi connectivity index (χ1v) is 7.96. The van der Waals surface area contributed by atoms with Gasteiger partial charge in [-0.25, -0.2) is 0 Å². The van der Waals surface area contributed by atoms with Crippen molar-refractivity contribution in [3.63, 3.8) is 0 Å². The summed E-state index contributed by atoms with van der Waals surface area (Å²) in [6.45, 7) is 2.17. The molecule has 0 heterocycles. The van der Waals surface area contributed by atoms with Crippen LogP contribution in [0.2, 0.25) is 0 Å². The Morgan fingerprint density at radius 3 is 2.71 bits per heavy atom. The van der Waals surface area contributed by atoms with Crippen LogP contribution in [0.15, 0.2) is 33.7 Å². The lowest BCUT2D eigenvalue weighted by atomic mass is 10.2. The van der Waals surface area contributed by atoms with Crippen LogP contribution in [0.4, 0.5) is 0 Å². The summed E-state index contributed by atoms with van der Waals surface area (Å²) >= 11 is 3.36. The number of carbonyl (C=O) groups excluding carboxylic acids is 1. The molecule has 0 aliphatic heterocycles. The number of guanidine groups is 1. The molecular formula is C15H21BrN4O. The molecule has 1 saturated carbocycles. The minimum absolute atomic E-state index is 0.0703. The standard InChI is InChI=1S/C15H21BrN4O/c1-17-15(20-10-11-5-6-11)19-8-7-18-14(21)12-3-2-4-13(16)9-12/h2-4,9,11H,5-8,10H2,1H3,(H,18,21)(H2,17,19,20). The fraction of sp³-hybridized carbons (Fsp3) is 0.467. The average molecular weight is 353 g/mol. The van der Waals surface area contributed by atoms with Crippen LogP contribution in [0.25, 0.3) is 0 Å². The van der Waals surface area contributed by atoms with Crippen molar-refractivity contribution in [2.75, 3.05) is 26.7 Å². The second-order valence-electron chi connectivity index (χ2n) is 5.09. The Hall–Kier alpha value is -1.56. The van der Waals surface area contributed by atoms with Crippen molar-refractivity contribution in [3.05, 3.63) is 34.3 Å². The van der Waals surface area contributed by atoms with Gasteiger partial charge in [-0.15, -0.1) is 0 Å². The quantitative estimate of drug-likeness (QED) is 0.415. The number of nitrogens with one attached hydrogen (secondary N) is 3. The molecule has 6 heteroatoms. The van der Waals surface area contributed by atoms with E-state index in [4.69, 9.17) is 0 Å². The molecule has 114 valence electrons. The van der Waals surface area contributed by atoms with Crippen LogP contribution in [0.1, 0.15) is 23.2 Å². The molecule has 1 aromatic rings. The van der Waals surface area contributed by atoms with Crippen LogP contribution in [-0.4, -0.2) is 38.5 Å². The lowest BCUT2D eigenvalue weighted by molar-refractivity contribution is 0.0954. The van der Waals surface area contributed by atoms with Gasteiger partial charge < -0.3 is 16.0 Å². The highest BCUT2D eigenvalue weighted by Crippen LogP contribution is 2.27. The number of aliphatic imine (C=N–C) groups is 1. The second-order valence-corrected chi connectivity index (χ2v) is 6.01. The first kappa shape index (κ1) is 15.8. The maximum absolute atomic E-state index is 11.9. The third-order valence-corrected chi connectivity index (χ3v) is 3.76. The van der Waals surface area contributed by atoms with Gasteiger partial charge in [-0.05, 0) is 37.0 Å². The Morgan fingerprint density at radius 2 is 2.05 bits per heavy atom. The smallest absolute Gasteiger partial charge is 0.251 e. The minimum atomic E-state index is -0.0703. The molecule has 1 fully saturated rings. The van der Waals surface area contributed by atoms with E-state index in [1.54, 1.807) is 19.2 Å². The third-order valence-electron chi connectivity index (χ3n) is 3.27. The average Bonchev–Trinajstić information content (AvgIpc) is 3.30. The molecule has 0 spiro atoms. The van der Waals surface area contributed by atoms with E-state index in [-0.39, 0.29) is 5.91 Å². The summed E-state index contributed by atoms with van der Waals surface area (Å²) in [5, 5.41) is 9.34. The monoisotopic (exact) mass is 352 g/mol. The summed E-state index contributed by atoms with van der Waals surface area (Å²) < 4.78 is 0.901. The van der Waals surface area contributed by atoms with Crippen molar-refractivity contribution < 1.29 is 4.79 Å². The van der Waals surface area contributed by atoms with E-state index in [1.807, 2.05) is 12.1 Å². The Kier molecular flexibility index (Phi) is 6.04. The Bertz CT molecular complexity index is 514. The van der Waals surface area contributed by atoms with Crippen molar-refractivity contribution in [1.29, 1.82) is 0 Å². The third kappa shape index (κ3) is 5.75. The Labute approximate surface area is 133 Å². The molecule has 1 aliphatic carbocycles. The van der Waals surface area contributed by atoms with Gasteiger partial charge in [0.25, 0.3) is 5.91 Å². The van der Waals surface area contributed by atoms with Crippen LogP contribution >= 0.6 is 15.9 Å². The van der Waals surface area contributed by atoms with E-state index in [9.17, 15) is 4.79 Å². The van der Waals surface area contributed by atoms with Gasteiger partial charge in [-0.2, -0.15) is 0 Å². The van der Waals surface area contributed by atoms with Crippen LogP contribution in [0, 0.1) is 5.92 Å². The predicted molar refractivity (Wildman–Crippen MR) is 88.6 cm³/mol. The van der Waals surface area contributed by atoms with Crippen LogP contribution < -0.4 is 16.0 Å². The van der Waals surface area contributed by atoms with Gasteiger partial charge >= 0.3 is 0 Å². The molecular weight excluding hydrogens is 332 g/mol. The predicted octanol–water partition coefficient (Wildman–Crippen LogP) is 1.75. The molecule has 0 atom stereocenters. The van der Waals surface area contributed by atoms with Crippen molar-refractivity contribution in [2.45, 2.75) is 12.8 Å². The summed E-state index contributed by atoms with van der Waals surface area (Å²) in [5.74, 6) is 1.53. The number of amides is 1. The SMILES string of the molecule is CN=C(NCCNC(=O)c1cccc(Br)c1)NCC1CC1. The number of rotatable bonds is 6. The molecule has 5 nitrogen and oxygen atoms in total. The van der Waals surface area contributed by atoms with E-state index >= 15 is 0 Å². The molecule has 0 aromatic heterocycles. The topological polar surface area (TPSA) is 65.5 Å². The van der Waals surface area contributed by atoms with Crippen molar-refractivity contribution in [2.24, 2.45) is 10.9 Å². The number of halogens is 1. The zero-order chi connectivity index (χ0) is 15.1. The normalized spacial score (nSPS) is 14.7. The van der Waals surface area contributed by atoms with Crippen molar-refractivity contribution in [3.8, 4) is 0 Å². The fourth-order valence-electron chi connectivity index (χ4n) is 1.87. The number of nitrogens with zero attached hydrogens (tertiary/aromatic N) is 1. The fourth-order valence-corrected chi connectivity index (χ4v) is 2.27. The summed E-state index contributed by atoms with van der Waals surface area (Å²) in [6, 6.07) is 7.34. The van der Waals surface area contributed by atoms with Crippen LogP contribution in [0.5, 0.6) is 0 Å². The van der Waals surface area contributed by atoms with Crippen LogP contribution in [0.3, 0.4) is 0 Å². The van der Waals surface area contributed by atoms with Gasteiger partial charge in [-0.1, -0.05) is 22.0 Å². The van der Waals surface area contributed by atoms with E-state index < -0.39 is 0 Å². The van der Waals surface area contributed by atoms with Gasteiger partial charge in [-0.3, -0.25) is 9.79 Å². The first-order chi connectivity index (χ1) is 10.2. The summed E-state index contributed by atoms with van der Waals surface area (Å²) in [5.41, 5.74) is 0.653. The Balaban J connectivity index is 1.65. The molecule has 2 rings (SSSR count).